The maximum atomic E-state index is 12.5. The van der Waals surface area contributed by atoms with Gasteiger partial charge in [-0.05, 0) is 38.4 Å². The van der Waals surface area contributed by atoms with Crippen LogP contribution in [0.2, 0.25) is 0 Å². The molecule has 0 unspecified atom stereocenters. The van der Waals surface area contributed by atoms with Crippen molar-refractivity contribution < 1.29 is 9.53 Å². The molecule has 0 radical (unpaired) electrons. The fourth-order valence-corrected chi connectivity index (χ4v) is 3.06. The normalized spacial score (nSPS) is 18.0. The predicted octanol–water partition coefficient (Wildman–Crippen LogP) is 2.93. The van der Waals surface area contributed by atoms with E-state index in [-0.39, 0.29) is 5.91 Å². The highest BCUT2D eigenvalue weighted by Crippen LogP contribution is 2.20. The van der Waals surface area contributed by atoms with E-state index in [1.54, 1.807) is 18.0 Å². The van der Waals surface area contributed by atoms with Crippen LogP contribution in [0.5, 0.6) is 5.75 Å². The number of amides is 1. The minimum atomic E-state index is -0.104. The van der Waals surface area contributed by atoms with Crippen LogP contribution in [0.25, 0.3) is 0 Å². The van der Waals surface area contributed by atoms with Gasteiger partial charge in [0.05, 0.1) is 18.1 Å². The van der Waals surface area contributed by atoms with Crippen LogP contribution in [0, 0.1) is 11.3 Å². The van der Waals surface area contributed by atoms with E-state index in [0.29, 0.717) is 36.9 Å². The van der Waals surface area contributed by atoms with Gasteiger partial charge in [-0.3, -0.25) is 9.69 Å². The molecule has 0 aliphatic carbocycles. The van der Waals surface area contributed by atoms with Gasteiger partial charge in [0, 0.05) is 26.2 Å². The average molecular weight is 329 g/mol. The Morgan fingerprint density at radius 1 is 1.42 bits per heavy atom. The molecule has 1 aromatic carbocycles. The van der Waals surface area contributed by atoms with Crippen molar-refractivity contribution in [2.45, 2.75) is 38.6 Å². The highest BCUT2D eigenvalue weighted by atomic mass is 16.5. The molecule has 2 rings (SSSR count). The van der Waals surface area contributed by atoms with E-state index in [0.717, 1.165) is 13.1 Å². The first kappa shape index (κ1) is 18.3. The van der Waals surface area contributed by atoms with Crippen LogP contribution in [-0.4, -0.2) is 55.0 Å². The second-order valence-corrected chi connectivity index (χ2v) is 6.36. The Balaban J connectivity index is 1.93. The first-order valence-corrected chi connectivity index (χ1v) is 8.71. The zero-order valence-electron chi connectivity index (χ0n) is 14.7. The van der Waals surface area contributed by atoms with Gasteiger partial charge in [-0.1, -0.05) is 18.6 Å². The molecule has 0 saturated carbocycles. The lowest BCUT2D eigenvalue weighted by Crippen LogP contribution is -2.40. The van der Waals surface area contributed by atoms with Gasteiger partial charge in [-0.25, -0.2) is 0 Å². The number of nitriles is 1. The fourth-order valence-electron chi connectivity index (χ4n) is 3.06. The SMILES string of the molecule is C[C@H]1CCCCN1CCOc1ccccc1C(=O)N(C)CCC#N. The summed E-state index contributed by atoms with van der Waals surface area (Å²) >= 11 is 0. The molecule has 0 spiro atoms. The lowest BCUT2D eigenvalue weighted by molar-refractivity contribution is 0.0791. The van der Waals surface area contributed by atoms with Crippen LogP contribution in [-0.2, 0) is 0 Å². The summed E-state index contributed by atoms with van der Waals surface area (Å²) in [7, 11) is 1.71. The maximum absolute atomic E-state index is 12.5. The lowest BCUT2D eigenvalue weighted by Gasteiger charge is -2.33. The second-order valence-electron chi connectivity index (χ2n) is 6.36. The fraction of sp³-hybridized carbons (Fsp3) is 0.579. The average Bonchev–Trinajstić information content (AvgIpc) is 2.61. The van der Waals surface area contributed by atoms with Crippen molar-refractivity contribution in [3.63, 3.8) is 0 Å². The molecule has 1 saturated heterocycles. The third-order valence-electron chi connectivity index (χ3n) is 4.60. The van der Waals surface area contributed by atoms with Gasteiger partial charge in [-0.2, -0.15) is 5.26 Å². The summed E-state index contributed by atoms with van der Waals surface area (Å²) in [6, 6.07) is 10.0. The molecule has 0 bridgehead atoms. The van der Waals surface area contributed by atoms with Crippen LogP contribution < -0.4 is 4.74 Å². The number of ether oxygens (including phenoxy) is 1. The third kappa shape index (κ3) is 4.97. The predicted molar refractivity (Wildman–Crippen MR) is 94.0 cm³/mol. The number of para-hydroxylation sites is 1. The van der Waals surface area contributed by atoms with Crippen LogP contribution in [0.15, 0.2) is 24.3 Å². The van der Waals surface area contributed by atoms with Crippen molar-refractivity contribution in [2.75, 3.05) is 33.3 Å². The molecule has 1 aliphatic rings. The maximum Gasteiger partial charge on any atom is 0.257 e. The summed E-state index contributed by atoms with van der Waals surface area (Å²) in [5.74, 6) is 0.517. The van der Waals surface area contributed by atoms with Crippen molar-refractivity contribution in [3.05, 3.63) is 29.8 Å². The molecular formula is C19H27N3O2. The molecule has 1 heterocycles. The van der Waals surface area contributed by atoms with Crippen molar-refractivity contribution in [1.82, 2.24) is 9.80 Å². The Bertz CT molecular complexity index is 582. The molecule has 1 fully saturated rings. The largest absolute Gasteiger partial charge is 0.491 e. The van der Waals surface area contributed by atoms with Gasteiger partial charge in [0.1, 0.15) is 12.4 Å². The van der Waals surface area contributed by atoms with Gasteiger partial charge < -0.3 is 9.64 Å². The first-order chi connectivity index (χ1) is 11.6. The van der Waals surface area contributed by atoms with Gasteiger partial charge in [-0.15, -0.1) is 0 Å². The molecule has 1 aliphatic heterocycles. The van der Waals surface area contributed by atoms with Crippen LogP contribution in [0.3, 0.4) is 0 Å². The van der Waals surface area contributed by atoms with Crippen LogP contribution >= 0.6 is 0 Å². The summed E-state index contributed by atoms with van der Waals surface area (Å²) in [6.45, 7) is 5.28. The van der Waals surface area contributed by atoms with Crippen molar-refractivity contribution in [1.29, 1.82) is 5.26 Å². The Morgan fingerprint density at radius 2 is 2.21 bits per heavy atom. The number of benzene rings is 1. The van der Waals surface area contributed by atoms with Crippen LogP contribution in [0.1, 0.15) is 43.0 Å². The lowest BCUT2D eigenvalue weighted by atomic mass is 10.0. The highest BCUT2D eigenvalue weighted by molar-refractivity contribution is 5.96. The summed E-state index contributed by atoms with van der Waals surface area (Å²) in [5.41, 5.74) is 0.560. The molecule has 0 N–H and O–H groups in total. The Labute approximate surface area is 144 Å². The molecule has 5 nitrogen and oxygen atoms in total. The number of hydrogen-bond acceptors (Lipinski definition) is 4. The first-order valence-electron chi connectivity index (χ1n) is 8.71. The van der Waals surface area contributed by atoms with Crippen LogP contribution in [0.4, 0.5) is 0 Å². The zero-order chi connectivity index (χ0) is 17.4. The van der Waals surface area contributed by atoms with E-state index in [9.17, 15) is 4.79 Å². The number of likely N-dealkylation sites (tertiary alicyclic amines) is 1. The van der Waals surface area contributed by atoms with E-state index < -0.39 is 0 Å². The summed E-state index contributed by atoms with van der Waals surface area (Å²) in [5, 5.41) is 8.67. The van der Waals surface area contributed by atoms with Gasteiger partial charge >= 0.3 is 0 Å². The highest BCUT2D eigenvalue weighted by Gasteiger charge is 2.19. The molecule has 24 heavy (non-hydrogen) atoms. The van der Waals surface area contributed by atoms with Gasteiger partial charge in [0.2, 0.25) is 0 Å². The Hall–Kier alpha value is -2.06. The molecule has 5 heteroatoms. The summed E-state index contributed by atoms with van der Waals surface area (Å²) in [6.07, 6.45) is 4.14. The topological polar surface area (TPSA) is 56.6 Å². The quantitative estimate of drug-likeness (QED) is 0.772. The third-order valence-corrected chi connectivity index (χ3v) is 4.60. The standard InChI is InChI=1S/C19H27N3O2/c1-16-8-5-6-13-22(16)14-15-24-18-10-4-3-9-17(18)19(23)21(2)12-7-11-20/h3-4,9-10,16H,5-8,12-15H2,1-2H3/t16-/m0/s1. The van der Waals surface area contributed by atoms with E-state index in [1.165, 1.54) is 19.3 Å². The zero-order valence-corrected chi connectivity index (χ0v) is 14.7. The number of hydrogen-bond donors (Lipinski definition) is 0. The smallest absolute Gasteiger partial charge is 0.257 e. The molecular weight excluding hydrogens is 302 g/mol. The van der Waals surface area contributed by atoms with E-state index in [4.69, 9.17) is 10.00 Å². The van der Waals surface area contributed by atoms with Gasteiger partial charge in [0.15, 0.2) is 0 Å². The molecule has 1 atom stereocenters. The number of rotatable bonds is 7. The van der Waals surface area contributed by atoms with E-state index in [2.05, 4.69) is 17.9 Å². The Kier molecular flexibility index (Phi) is 7.07. The molecule has 0 aromatic heterocycles. The van der Waals surface area contributed by atoms with E-state index in [1.807, 2.05) is 18.2 Å². The summed E-state index contributed by atoms with van der Waals surface area (Å²) < 4.78 is 5.91. The number of carbonyl (C=O) groups excluding carboxylic acids is 1. The number of carbonyl (C=O) groups is 1. The van der Waals surface area contributed by atoms with Crippen molar-refractivity contribution >= 4 is 5.91 Å². The molecule has 1 amide bonds. The minimum Gasteiger partial charge on any atom is -0.491 e. The number of nitrogens with zero attached hydrogens (tertiary/aromatic N) is 3. The summed E-state index contributed by atoms with van der Waals surface area (Å²) in [4.78, 5) is 16.5. The van der Waals surface area contributed by atoms with Crippen molar-refractivity contribution in [3.8, 4) is 11.8 Å². The van der Waals surface area contributed by atoms with Crippen molar-refractivity contribution in [2.24, 2.45) is 0 Å². The monoisotopic (exact) mass is 329 g/mol. The molecule has 130 valence electrons. The molecule has 1 aromatic rings. The van der Waals surface area contributed by atoms with Gasteiger partial charge in [0.25, 0.3) is 5.91 Å². The van der Waals surface area contributed by atoms with E-state index >= 15 is 0 Å². The minimum absolute atomic E-state index is 0.104. The second kappa shape index (κ2) is 9.29. The Morgan fingerprint density at radius 3 is 2.96 bits per heavy atom. The number of piperidine rings is 1.